The van der Waals surface area contributed by atoms with Gasteiger partial charge in [-0.3, -0.25) is 4.99 Å². The fourth-order valence-electron chi connectivity index (χ4n) is 1.86. The van der Waals surface area contributed by atoms with E-state index in [4.69, 9.17) is 0 Å². The van der Waals surface area contributed by atoms with Crippen molar-refractivity contribution in [1.82, 2.24) is 5.32 Å². The highest BCUT2D eigenvalue weighted by atomic mass is 32.2. The summed E-state index contributed by atoms with van der Waals surface area (Å²) in [6, 6.07) is 8.53. The van der Waals surface area contributed by atoms with Gasteiger partial charge in [-0.1, -0.05) is 36.0 Å². The summed E-state index contributed by atoms with van der Waals surface area (Å²) in [5.74, 6) is 1.11. The highest BCUT2D eigenvalue weighted by molar-refractivity contribution is 8.14. The number of amidine groups is 1. The lowest BCUT2D eigenvalue weighted by molar-refractivity contribution is 0.536. The minimum absolute atomic E-state index is 0.201. The smallest absolute Gasteiger partial charge is 0.157 e. The molecule has 0 aliphatic carbocycles. The third kappa shape index (κ3) is 3.50. The zero-order valence-electron chi connectivity index (χ0n) is 10.8. The molecule has 1 saturated heterocycles. The summed E-state index contributed by atoms with van der Waals surface area (Å²) in [6.45, 7) is 7.46. The molecule has 3 heteroatoms. The van der Waals surface area contributed by atoms with E-state index in [0.29, 0.717) is 0 Å². The summed E-state index contributed by atoms with van der Waals surface area (Å²) in [4.78, 5) is 4.62. The minimum Gasteiger partial charge on any atom is -0.359 e. The average Bonchev–Trinajstić information content (AvgIpc) is 2.61. The van der Waals surface area contributed by atoms with E-state index in [1.165, 1.54) is 11.1 Å². The maximum Gasteiger partial charge on any atom is 0.157 e. The van der Waals surface area contributed by atoms with Crippen molar-refractivity contribution in [2.45, 2.75) is 32.7 Å². The van der Waals surface area contributed by atoms with Crippen molar-refractivity contribution in [2.75, 3.05) is 12.3 Å². The molecule has 1 aromatic rings. The lowest BCUT2D eigenvalue weighted by Gasteiger charge is -2.15. The SMILES string of the molecule is Cc1ccccc1CCN=C1NC(C)(C)CS1. The van der Waals surface area contributed by atoms with Crippen LogP contribution in [0.15, 0.2) is 29.3 Å². The van der Waals surface area contributed by atoms with Crippen LogP contribution in [0.3, 0.4) is 0 Å². The van der Waals surface area contributed by atoms with Gasteiger partial charge < -0.3 is 5.32 Å². The van der Waals surface area contributed by atoms with E-state index in [2.05, 4.69) is 55.3 Å². The largest absolute Gasteiger partial charge is 0.359 e. The van der Waals surface area contributed by atoms with Crippen molar-refractivity contribution in [1.29, 1.82) is 0 Å². The summed E-state index contributed by atoms with van der Waals surface area (Å²) in [6.07, 6.45) is 1.03. The second kappa shape index (κ2) is 5.13. The zero-order valence-corrected chi connectivity index (χ0v) is 11.6. The molecule has 17 heavy (non-hydrogen) atoms. The van der Waals surface area contributed by atoms with Crippen LogP contribution in [0.25, 0.3) is 0 Å². The minimum atomic E-state index is 0.201. The van der Waals surface area contributed by atoms with Crippen molar-refractivity contribution < 1.29 is 0 Å². The van der Waals surface area contributed by atoms with Gasteiger partial charge in [-0.25, -0.2) is 0 Å². The van der Waals surface area contributed by atoms with Crippen molar-refractivity contribution in [3.8, 4) is 0 Å². The van der Waals surface area contributed by atoms with E-state index in [0.717, 1.165) is 23.9 Å². The van der Waals surface area contributed by atoms with E-state index >= 15 is 0 Å². The van der Waals surface area contributed by atoms with E-state index in [1.54, 1.807) is 0 Å². The Hall–Kier alpha value is -0.960. The molecule has 0 bridgehead atoms. The maximum atomic E-state index is 4.62. The topological polar surface area (TPSA) is 24.4 Å². The molecule has 1 aromatic carbocycles. The van der Waals surface area contributed by atoms with Crippen LogP contribution in [-0.2, 0) is 6.42 Å². The number of thioether (sulfide) groups is 1. The number of hydrogen-bond donors (Lipinski definition) is 1. The molecule has 0 saturated carbocycles. The number of nitrogens with one attached hydrogen (secondary N) is 1. The number of rotatable bonds is 3. The van der Waals surface area contributed by atoms with E-state index in [-0.39, 0.29) is 5.54 Å². The number of benzene rings is 1. The lowest BCUT2D eigenvalue weighted by atomic mass is 10.1. The summed E-state index contributed by atoms with van der Waals surface area (Å²) in [5.41, 5.74) is 2.96. The number of aliphatic imine (C=N–C) groups is 1. The van der Waals surface area contributed by atoms with Gasteiger partial charge in [0.1, 0.15) is 0 Å². The monoisotopic (exact) mass is 248 g/mol. The standard InChI is InChI=1S/C14H20N2S/c1-11-6-4-5-7-12(11)8-9-15-13-16-14(2,3)10-17-13/h4-7H,8-10H2,1-3H3,(H,15,16). The molecule has 0 unspecified atom stereocenters. The van der Waals surface area contributed by atoms with Gasteiger partial charge in [0.25, 0.3) is 0 Å². The van der Waals surface area contributed by atoms with Gasteiger partial charge in [0.05, 0.1) is 0 Å². The first-order valence-electron chi connectivity index (χ1n) is 6.07. The number of aryl methyl sites for hydroxylation is 1. The Kier molecular flexibility index (Phi) is 3.77. The van der Waals surface area contributed by atoms with Gasteiger partial charge in [0.2, 0.25) is 0 Å². The Balaban J connectivity index is 1.88. The van der Waals surface area contributed by atoms with Gasteiger partial charge in [-0.05, 0) is 38.3 Å². The predicted octanol–water partition coefficient (Wildman–Crippen LogP) is 3.01. The van der Waals surface area contributed by atoms with Crippen LogP contribution >= 0.6 is 11.8 Å². The Bertz CT molecular complexity index is 424. The van der Waals surface area contributed by atoms with Crippen molar-refractivity contribution >= 4 is 16.9 Å². The normalized spacial score (nSPS) is 20.5. The van der Waals surface area contributed by atoms with Crippen LogP contribution in [0, 0.1) is 6.92 Å². The molecule has 0 spiro atoms. The molecule has 1 aliphatic heterocycles. The molecule has 2 rings (SSSR count). The second-order valence-electron chi connectivity index (χ2n) is 5.16. The molecule has 0 radical (unpaired) electrons. The number of hydrogen-bond acceptors (Lipinski definition) is 2. The third-order valence-corrected chi connectivity index (χ3v) is 4.28. The van der Waals surface area contributed by atoms with Crippen LogP contribution < -0.4 is 5.32 Å². The maximum absolute atomic E-state index is 4.62. The van der Waals surface area contributed by atoms with Gasteiger partial charge >= 0.3 is 0 Å². The molecule has 0 amide bonds. The first kappa shape index (κ1) is 12.5. The highest BCUT2D eigenvalue weighted by Gasteiger charge is 2.26. The lowest BCUT2D eigenvalue weighted by Crippen LogP contribution is -2.36. The summed E-state index contributed by atoms with van der Waals surface area (Å²) in [7, 11) is 0. The van der Waals surface area contributed by atoms with E-state index in [1.807, 2.05) is 11.8 Å². The number of nitrogens with zero attached hydrogens (tertiary/aromatic N) is 1. The Morgan fingerprint density at radius 1 is 1.35 bits per heavy atom. The zero-order chi connectivity index (χ0) is 12.3. The summed E-state index contributed by atoms with van der Waals surface area (Å²) < 4.78 is 0. The Morgan fingerprint density at radius 2 is 2.12 bits per heavy atom. The van der Waals surface area contributed by atoms with Gasteiger partial charge in [-0.15, -0.1) is 0 Å². The molecule has 92 valence electrons. The second-order valence-corrected chi connectivity index (χ2v) is 6.12. The Morgan fingerprint density at radius 3 is 2.76 bits per heavy atom. The fourth-order valence-corrected chi connectivity index (χ4v) is 2.96. The predicted molar refractivity (Wildman–Crippen MR) is 76.9 cm³/mol. The molecule has 1 N–H and O–H groups in total. The summed E-state index contributed by atoms with van der Waals surface area (Å²) >= 11 is 1.83. The van der Waals surface area contributed by atoms with Crippen molar-refractivity contribution in [3.05, 3.63) is 35.4 Å². The molecule has 0 atom stereocenters. The van der Waals surface area contributed by atoms with Gasteiger partial charge in [-0.2, -0.15) is 0 Å². The first-order chi connectivity index (χ1) is 8.07. The first-order valence-corrected chi connectivity index (χ1v) is 7.05. The van der Waals surface area contributed by atoms with Gasteiger partial charge in [0.15, 0.2) is 5.17 Å². The molecular weight excluding hydrogens is 228 g/mol. The highest BCUT2D eigenvalue weighted by Crippen LogP contribution is 2.22. The summed E-state index contributed by atoms with van der Waals surface area (Å²) in [5, 5.41) is 4.54. The molecule has 2 nitrogen and oxygen atoms in total. The Labute approximate surface area is 108 Å². The van der Waals surface area contributed by atoms with E-state index < -0.39 is 0 Å². The van der Waals surface area contributed by atoms with Crippen LogP contribution in [0.1, 0.15) is 25.0 Å². The molecule has 0 aromatic heterocycles. The van der Waals surface area contributed by atoms with Crippen molar-refractivity contribution in [3.63, 3.8) is 0 Å². The molecule has 1 aliphatic rings. The molecule has 1 fully saturated rings. The average molecular weight is 248 g/mol. The molecular formula is C14H20N2S. The third-order valence-electron chi connectivity index (χ3n) is 2.91. The van der Waals surface area contributed by atoms with Gasteiger partial charge in [0, 0.05) is 17.8 Å². The van der Waals surface area contributed by atoms with Crippen molar-refractivity contribution in [2.24, 2.45) is 4.99 Å². The quantitative estimate of drug-likeness (QED) is 0.889. The fraction of sp³-hybridized carbons (Fsp3) is 0.500. The van der Waals surface area contributed by atoms with Crippen LogP contribution in [0.4, 0.5) is 0 Å². The van der Waals surface area contributed by atoms with Crippen LogP contribution in [0.5, 0.6) is 0 Å². The van der Waals surface area contributed by atoms with Crippen LogP contribution in [-0.4, -0.2) is 23.0 Å². The molecule has 1 heterocycles. The van der Waals surface area contributed by atoms with E-state index in [9.17, 15) is 0 Å². The van der Waals surface area contributed by atoms with Crippen LogP contribution in [0.2, 0.25) is 0 Å².